The van der Waals surface area contributed by atoms with E-state index in [2.05, 4.69) is 30.0 Å². The first kappa shape index (κ1) is 12.5. The second kappa shape index (κ2) is 4.89. The third kappa shape index (κ3) is 2.09. The van der Waals surface area contributed by atoms with E-state index in [1.807, 2.05) is 30.3 Å². The summed E-state index contributed by atoms with van der Waals surface area (Å²) in [5.74, 6) is 0.310. The maximum Gasteiger partial charge on any atom is 0.170 e. The van der Waals surface area contributed by atoms with E-state index in [9.17, 15) is 4.79 Å². The summed E-state index contributed by atoms with van der Waals surface area (Å²) in [6, 6.07) is 12.1. The summed E-state index contributed by atoms with van der Waals surface area (Å²) in [7, 11) is 0. The Hall–Kier alpha value is -2.49. The van der Waals surface area contributed by atoms with Gasteiger partial charge in [-0.2, -0.15) is 5.10 Å². The molecule has 0 unspecified atom stereocenters. The number of carbonyl (C=O) groups is 1. The first-order valence-corrected chi connectivity index (χ1v) is 6.60. The lowest BCUT2D eigenvalue weighted by molar-refractivity contribution is 0.111. The summed E-state index contributed by atoms with van der Waals surface area (Å²) in [5.41, 5.74) is 4.19. The van der Waals surface area contributed by atoms with E-state index in [0.29, 0.717) is 11.6 Å². The lowest BCUT2D eigenvalue weighted by atomic mass is 10.0. The molecule has 3 rings (SSSR count). The number of carbonyl (C=O) groups excluding carboxylic acids is 1. The summed E-state index contributed by atoms with van der Waals surface area (Å²) < 4.78 is 1.70. The molecule has 0 radical (unpaired) electrons. The lowest BCUT2D eigenvalue weighted by Crippen LogP contribution is -2.00. The predicted molar refractivity (Wildman–Crippen MR) is 77.9 cm³/mol. The van der Waals surface area contributed by atoms with Crippen molar-refractivity contribution in [3.63, 3.8) is 0 Å². The van der Waals surface area contributed by atoms with Gasteiger partial charge in [0, 0.05) is 11.1 Å². The maximum absolute atomic E-state index is 10.9. The quantitative estimate of drug-likeness (QED) is 0.682. The van der Waals surface area contributed by atoms with Crippen LogP contribution in [0.4, 0.5) is 0 Å². The van der Waals surface area contributed by atoms with Crippen LogP contribution >= 0.6 is 0 Å². The van der Waals surface area contributed by atoms with E-state index < -0.39 is 0 Å². The molecule has 0 spiro atoms. The standard InChI is InChI=1S/C16H15N3O/c1-11(2)14-8-15(12-6-4-3-5-7-12)18-19-9-13(10-20)17-16(14)19/h3-11H,1-2H3. The van der Waals surface area contributed by atoms with Crippen molar-refractivity contribution in [3.05, 3.63) is 53.9 Å². The van der Waals surface area contributed by atoms with Crippen molar-refractivity contribution in [1.29, 1.82) is 0 Å². The van der Waals surface area contributed by atoms with Crippen molar-refractivity contribution < 1.29 is 4.79 Å². The molecule has 0 aliphatic rings. The zero-order valence-electron chi connectivity index (χ0n) is 11.4. The Bertz CT molecular complexity index is 760. The van der Waals surface area contributed by atoms with Crippen LogP contribution in [0, 0.1) is 0 Å². The largest absolute Gasteiger partial charge is 0.296 e. The van der Waals surface area contributed by atoms with Gasteiger partial charge in [-0.25, -0.2) is 9.50 Å². The predicted octanol–water partition coefficient (Wildman–Crippen LogP) is 3.33. The zero-order chi connectivity index (χ0) is 14.1. The number of rotatable bonds is 3. The number of benzene rings is 1. The van der Waals surface area contributed by atoms with Crippen LogP contribution in [0.2, 0.25) is 0 Å². The van der Waals surface area contributed by atoms with Crippen LogP contribution in [-0.2, 0) is 0 Å². The van der Waals surface area contributed by atoms with Gasteiger partial charge in [0.2, 0.25) is 0 Å². The van der Waals surface area contributed by atoms with E-state index >= 15 is 0 Å². The van der Waals surface area contributed by atoms with Crippen LogP contribution < -0.4 is 0 Å². The molecule has 0 aliphatic heterocycles. The Morgan fingerprint density at radius 1 is 1.20 bits per heavy atom. The number of hydrogen-bond acceptors (Lipinski definition) is 3. The second-order valence-corrected chi connectivity index (χ2v) is 5.06. The Balaban J connectivity index is 2.27. The van der Waals surface area contributed by atoms with E-state index in [0.717, 1.165) is 28.8 Å². The molecule has 0 aliphatic carbocycles. The van der Waals surface area contributed by atoms with Gasteiger partial charge in [0.1, 0.15) is 5.69 Å². The highest BCUT2D eigenvalue weighted by Gasteiger charge is 2.13. The fourth-order valence-corrected chi connectivity index (χ4v) is 2.25. The van der Waals surface area contributed by atoms with Crippen LogP contribution in [0.15, 0.2) is 42.6 Å². The van der Waals surface area contributed by atoms with Gasteiger partial charge in [0.15, 0.2) is 11.9 Å². The molecule has 0 fully saturated rings. The van der Waals surface area contributed by atoms with Crippen molar-refractivity contribution in [3.8, 4) is 11.3 Å². The smallest absolute Gasteiger partial charge is 0.170 e. The van der Waals surface area contributed by atoms with Crippen LogP contribution in [0.25, 0.3) is 16.9 Å². The molecule has 0 N–H and O–H groups in total. The number of fused-ring (bicyclic) bond motifs is 1. The van der Waals surface area contributed by atoms with Crippen molar-refractivity contribution >= 4 is 11.9 Å². The number of aromatic nitrogens is 3. The average Bonchev–Trinajstić information content (AvgIpc) is 2.89. The van der Waals surface area contributed by atoms with Gasteiger partial charge in [-0.05, 0) is 12.0 Å². The summed E-state index contributed by atoms with van der Waals surface area (Å²) in [5, 5.41) is 4.55. The third-order valence-electron chi connectivity index (χ3n) is 3.28. The first-order valence-electron chi connectivity index (χ1n) is 6.60. The van der Waals surface area contributed by atoms with Gasteiger partial charge in [0.25, 0.3) is 0 Å². The fourth-order valence-electron chi connectivity index (χ4n) is 2.25. The van der Waals surface area contributed by atoms with Crippen LogP contribution in [0.5, 0.6) is 0 Å². The summed E-state index contributed by atoms with van der Waals surface area (Å²) in [6.07, 6.45) is 2.42. The first-order chi connectivity index (χ1) is 9.69. The topological polar surface area (TPSA) is 47.3 Å². The van der Waals surface area contributed by atoms with Crippen molar-refractivity contribution in [2.75, 3.05) is 0 Å². The van der Waals surface area contributed by atoms with Gasteiger partial charge in [-0.1, -0.05) is 44.2 Å². The molecule has 4 nitrogen and oxygen atoms in total. The minimum Gasteiger partial charge on any atom is -0.296 e. The minimum absolute atomic E-state index is 0.310. The number of hydrogen-bond donors (Lipinski definition) is 0. The molecular weight excluding hydrogens is 250 g/mol. The highest BCUT2D eigenvalue weighted by atomic mass is 16.1. The molecule has 1 aromatic carbocycles. The van der Waals surface area contributed by atoms with Gasteiger partial charge in [0.05, 0.1) is 11.9 Å². The normalized spacial score (nSPS) is 11.2. The maximum atomic E-state index is 10.9. The molecule has 4 heteroatoms. The fraction of sp³-hybridized carbons (Fsp3) is 0.188. The Morgan fingerprint density at radius 3 is 2.60 bits per heavy atom. The second-order valence-electron chi connectivity index (χ2n) is 5.06. The molecule has 2 aromatic heterocycles. The Kier molecular flexibility index (Phi) is 3.06. The number of aldehydes is 1. The SMILES string of the molecule is CC(C)c1cc(-c2ccccc2)nn2cc(C=O)nc12. The van der Waals surface area contributed by atoms with Crippen molar-refractivity contribution in [2.45, 2.75) is 19.8 Å². The molecule has 0 amide bonds. The monoisotopic (exact) mass is 265 g/mol. The van der Waals surface area contributed by atoms with Gasteiger partial charge >= 0.3 is 0 Å². The Labute approximate surface area is 117 Å². The molecule has 0 saturated heterocycles. The van der Waals surface area contributed by atoms with Gasteiger partial charge in [-0.3, -0.25) is 4.79 Å². The van der Waals surface area contributed by atoms with E-state index in [1.54, 1.807) is 10.7 Å². The molecule has 3 aromatic rings. The van der Waals surface area contributed by atoms with Crippen molar-refractivity contribution in [1.82, 2.24) is 14.6 Å². The van der Waals surface area contributed by atoms with E-state index in [1.165, 1.54) is 0 Å². The van der Waals surface area contributed by atoms with Gasteiger partial charge < -0.3 is 0 Å². The number of nitrogens with zero attached hydrogens (tertiary/aromatic N) is 3. The molecule has 0 atom stereocenters. The van der Waals surface area contributed by atoms with Gasteiger partial charge in [-0.15, -0.1) is 0 Å². The molecular formula is C16H15N3O. The molecule has 0 saturated carbocycles. The molecule has 100 valence electrons. The highest BCUT2D eigenvalue weighted by molar-refractivity contribution is 5.74. The lowest BCUT2D eigenvalue weighted by Gasteiger charge is -2.09. The minimum atomic E-state index is 0.310. The summed E-state index contributed by atoms with van der Waals surface area (Å²) >= 11 is 0. The molecule has 0 bridgehead atoms. The van der Waals surface area contributed by atoms with Crippen molar-refractivity contribution in [2.24, 2.45) is 0 Å². The average molecular weight is 265 g/mol. The summed E-state index contributed by atoms with van der Waals surface area (Å²) in [6.45, 7) is 4.22. The number of imidazole rings is 1. The molecule has 20 heavy (non-hydrogen) atoms. The van der Waals surface area contributed by atoms with Crippen LogP contribution in [0.1, 0.15) is 35.8 Å². The molecule has 2 heterocycles. The van der Waals surface area contributed by atoms with Crippen LogP contribution in [-0.4, -0.2) is 20.9 Å². The van der Waals surface area contributed by atoms with Crippen LogP contribution in [0.3, 0.4) is 0 Å². The summed E-state index contributed by atoms with van der Waals surface area (Å²) in [4.78, 5) is 15.2. The third-order valence-corrected chi connectivity index (χ3v) is 3.28. The van der Waals surface area contributed by atoms with E-state index in [4.69, 9.17) is 0 Å². The van der Waals surface area contributed by atoms with E-state index in [-0.39, 0.29) is 0 Å². The Morgan fingerprint density at radius 2 is 1.95 bits per heavy atom. The highest BCUT2D eigenvalue weighted by Crippen LogP contribution is 2.25. The zero-order valence-corrected chi connectivity index (χ0v) is 11.4.